The van der Waals surface area contributed by atoms with Crippen molar-refractivity contribution >= 4 is 11.3 Å². The molecule has 2 nitrogen and oxygen atoms in total. The fourth-order valence-corrected chi connectivity index (χ4v) is 3.18. The summed E-state index contributed by atoms with van der Waals surface area (Å²) in [6.07, 6.45) is 4.28. The highest BCUT2D eigenvalue weighted by molar-refractivity contribution is 7.07. The van der Waals surface area contributed by atoms with Gasteiger partial charge in [0.05, 0.1) is 6.10 Å². The molecule has 1 saturated carbocycles. The van der Waals surface area contributed by atoms with Crippen LogP contribution in [0.2, 0.25) is 0 Å². The van der Waals surface area contributed by atoms with E-state index in [1.165, 1.54) is 24.8 Å². The summed E-state index contributed by atoms with van der Waals surface area (Å²) in [5.41, 5.74) is 1.44. The molecule has 0 amide bonds. The van der Waals surface area contributed by atoms with Crippen LogP contribution in [0.3, 0.4) is 0 Å². The molecule has 1 heterocycles. The summed E-state index contributed by atoms with van der Waals surface area (Å²) in [6, 6.07) is 2.75. The normalized spacial score (nSPS) is 26.4. The first-order valence-electron chi connectivity index (χ1n) is 6.14. The Balaban J connectivity index is 1.77. The fraction of sp³-hybridized carbons (Fsp3) is 0.692. The zero-order valence-corrected chi connectivity index (χ0v) is 10.9. The Bertz CT molecular complexity index is 293. The lowest BCUT2D eigenvalue weighted by molar-refractivity contribution is -0.0289. The quantitative estimate of drug-likeness (QED) is 0.823. The van der Waals surface area contributed by atoms with Crippen LogP contribution in [0.15, 0.2) is 16.8 Å². The Morgan fingerprint density at radius 1 is 1.56 bits per heavy atom. The first-order valence-corrected chi connectivity index (χ1v) is 7.08. The van der Waals surface area contributed by atoms with E-state index >= 15 is 0 Å². The molecule has 0 bridgehead atoms. The van der Waals surface area contributed by atoms with Crippen molar-refractivity contribution in [3.63, 3.8) is 0 Å². The number of ether oxygens (including phenoxy) is 1. The number of nitrogens with one attached hydrogen (secondary N) is 1. The molecular formula is C13H21NOS. The zero-order valence-electron chi connectivity index (χ0n) is 10.1. The number of hydrogen-bond donors (Lipinski definition) is 1. The van der Waals surface area contributed by atoms with Gasteiger partial charge >= 0.3 is 0 Å². The second-order valence-corrected chi connectivity index (χ2v) is 5.33. The minimum atomic E-state index is 0.527. The Morgan fingerprint density at radius 2 is 2.38 bits per heavy atom. The predicted octanol–water partition coefficient (Wildman–Crippen LogP) is 3.21. The van der Waals surface area contributed by atoms with Crippen LogP contribution in [-0.2, 0) is 4.74 Å². The monoisotopic (exact) mass is 239 g/mol. The molecular weight excluding hydrogens is 218 g/mol. The van der Waals surface area contributed by atoms with Crippen molar-refractivity contribution in [2.75, 3.05) is 13.7 Å². The van der Waals surface area contributed by atoms with Crippen LogP contribution in [-0.4, -0.2) is 19.8 Å². The summed E-state index contributed by atoms with van der Waals surface area (Å²) >= 11 is 1.78. The highest BCUT2D eigenvalue weighted by atomic mass is 32.1. The standard InChI is InChI=1S/C13H21NOS/c1-3-15-12-6-10(7-12)8-13(14-2)11-4-5-16-9-11/h4-5,9-10,12-14H,3,6-8H2,1-2H3. The van der Waals surface area contributed by atoms with Crippen LogP contribution in [0.4, 0.5) is 0 Å². The second-order valence-electron chi connectivity index (χ2n) is 4.55. The number of hydrogen-bond acceptors (Lipinski definition) is 3. The average Bonchev–Trinajstić information content (AvgIpc) is 2.74. The van der Waals surface area contributed by atoms with Gasteiger partial charge in [-0.3, -0.25) is 0 Å². The molecule has 1 N–H and O–H groups in total. The molecule has 1 aliphatic carbocycles. The van der Waals surface area contributed by atoms with Gasteiger partial charge in [0.25, 0.3) is 0 Å². The van der Waals surface area contributed by atoms with Crippen LogP contribution < -0.4 is 5.32 Å². The molecule has 1 fully saturated rings. The molecule has 0 aliphatic heterocycles. The molecule has 1 aromatic heterocycles. The van der Waals surface area contributed by atoms with Crippen molar-refractivity contribution in [3.8, 4) is 0 Å². The third-order valence-corrected chi connectivity index (χ3v) is 4.16. The fourth-order valence-electron chi connectivity index (χ4n) is 2.47. The van der Waals surface area contributed by atoms with E-state index in [4.69, 9.17) is 4.74 Å². The van der Waals surface area contributed by atoms with Gasteiger partial charge in [-0.1, -0.05) is 0 Å². The van der Waals surface area contributed by atoms with Crippen LogP contribution in [0.5, 0.6) is 0 Å². The largest absolute Gasteiger partial charge is 0.378 e. The van der Waals surface area contributed by atoms with Gasteiger partial charge in [0.2, 0.25) is 0 Å². The van der Waals surface area contributed by atoms with Gasteiger partial charge in [-0.05, 0) is 61.5 Å². The molecule has 2 rings (SSSR count). The summed E-state index contributed by atoms with van der Waals surface area (Å²) < 4.78 is 5.60. The van der Waals surface area contributed by atoms with E-state index in [0.717, 1.165) is 12.5 Å². The highest BCUT2D eigenvalue weighted by Crippen LogP contribution is 2.37. The van der Waals surface area contributed by atoms with Gasteiger partial charge in [0.1, 0.15) is 0 Å². The molecule has 1 atom stereocenters. The van der Waals surface area contributed by atoms with Crippen LogP contribution in [0, 0.1) is 5.92 Å². The first kappa shape index (κ1) is 12.1. The van der Waals surface area contributed by atoms with E-state index in [-0.39, 0.29) is 0 Å². The maximum atomic E-state index is 5.60. The highest BCUT2D eigenvalue weighted by Gasteiger charge is 2.31. The van der Waals surface area contributed by atoms with Crippen molar-refractivity contribution in [3.05, 3.63) is 22.4 Å². The van der Waals surface area contributed by atoms with Crippen LogP contribution in [0.1, 0.15) is 37.8 Å². The molecule has 1 aromatic rings. The summed E-state index contributed by atoms with van der Waals surface area (Å²) in [5, 5.41) is 7.82. The maximum absolute atomic E-state index is 5.60. The Hall–Kier alpha value is -0.380. The summed E-state index contributed by atoms with van der Waals surface area (Å²) in [5.74, 6) is 0.842. The molecule has 1 aliphatic rings. The van der Waals surface area contributed by atoms with Crippen LogP contribution >= 0.6 is 11.3 Å². The minimum Gasteiger partial charge on any atom is -0.378 e. The van der Waals surface area contributed by atoms with Crippen molar-refractivity contribution in [1.82, 2.24) is 5.32 Å². The molecule has 16 heavy (non-hydrogen) atoms. The second kappa shape index (κ2) is 5.80. The molecule has 1 unspecified atom stereocenters. The average molecular weight is 239 g/mol. The first-order chi connectivity index (χ1) is 7.83. The molecule has 90 valence electrons. The Kier molecular flexibility index (Phi) is 4.38. The van der Waals surface area contributed by atoms with Gasteiger partial charge in [-0.25, -0.2) is 0 Å². The van der Waals surface area contributed by atoms with E-state index in [9.17, 15) is 0 Å². The molecule has 0 saturated heterocycles. The van der Waals surface area contributed by atoms with E-state index in [0.29, 0.717) is 12.1 Å². The minimum absolute atomic E-state index is 0.527. The van der Waals surface area contributed by atoms with Crippen LogP contribution in [0.25, 0.3) is 0 Å². The third-order valence-electron chi connectivity index (χ3n) is 3.46. The lowest BCUT2D eigenvalue weighted by Crippen LogP contribution is -2.34. The lowest BCUT2D eigenvalue weighted by atomic mass is 9.77. The number of thiophene rings is 1. The van der Waals surface area contributed by atoms with E-state index in [2.05, 4.69) is 36.1 Å². The smallest absolute Gasteiger partial charge is 0.0580 e. The van der Waals surface area contributed by atoms with Gasteiger partial charge in [0.15, 0.2) is 0 Å². The SMILES string of the molecule is CCOC1CC(CC(NC)c2ccsc2)C1. The van der Waals surface area contributed by atoms with Gasteiger partial charge in [-0.2, -0.15) is 11.3 Å². The van der Waals surface area contributed by atoms with Crippen molar-refractivity contribution < 1.29 is 4.74 Å². The zero-order chi connectivity index (χ0) is 11.4. The van der Waals surface area contributed by atoms with Crippen molar-refractivity contribution in [2.24, 2.45) is 5.92 Å². The summed E-state index contributed by atoms with van der Waals surface area (Å²) in [4.78, 5) is 0. The molecule has 0 spiro atoms. The maximum Gasteiger partial charge on any atom is 0.0580 e. The third kappa shape index (κ3) is 2.84. The Morgan fingerprint density at radius 3 is 2.94 bits per heavy atom. The van der Waals surface area contributed by atoms with Gasteiger partial charge in [-0.15, -0.1) is 0 Å². The summed E-state index contributed by atoms with van der Waals surface area (Å²) in [7, 11) is 2.06. The van der Waals surface area contributed by atoms with Crippen molar-refractivity contribution in [2.45, 2.75) is 38.3 Å². The topological polar surface area (TPSA) is 21.3 Å². The lowest BCUT2D eigenvalue weighted by Gasteiger charge is -2.36. The van der Waals surface area contributed by atoms with E-state index in [1.807, 2.05) is 0 Å². The molecule has 0 radical (unpaired) electrons. The van der Waals surface area contributed by atoms with E-state index < -0.39 is 0 Å². The van der Waals surface area contributed by atoms with Crippen molar-refractivity contribution in [1.29, 1.82) is 0 Å². The Labute approximate surface area is 102 Å². The predicted molar refractivity (Wildman–Crippen MR) is 68.9 cm³/mol. The molecule has 3 heteroatoms. The number of rotatable bonds is 6. The van der Waals surface area contributed by atoms with E-state index in [1.54, 1.807) is 11.3 Å². The van der Waals surface area contributed by atoms with Gasteiger partial charge in [0, 0.05) is 12.6 Å². The van der Waals surface area contributed by atoms with Gasteiger partial charge < -0.3 is 10.1 Å². The summed E-state index contributed by atoms with van der Waals surface area (Å²) in [6.45, 7) is 2.94. The molecule has 0 aromatic carbocycles.